The molecule has 3 atom stereocenters. The van der Waals surface area contributed by atoms with Gasteiger partial charge in [-0.25, -0.2) is 4.98 Å². The van der Waals surface area contributed by atoms with E-state index >= 15 is 0 Å². The van der Waals surface area contributed by atoms with Gasteiger partial charge in [-0.1, -0.05) is 22.4 Å². The maximum atomic E-state index is 4.39. The first-order valence-electron chi connectivity index (χ1n) is 6.19. The highest BCUT2D eigenvalue weighted by molar-refractivity contribution is 9.09. The van der Waals surface area contributed by atoms with Crippen LogP contribution in [0.25, 0.3) is 0 Å². The van der Waals surface area contributed by atoms with Gasteiger partial charge in [-0.2, -0.15) is 0 Å². The highest BCUT2D eigenvalue weighted by atomic mass is 79.9. The lowest BCUT2D eigenvalue weighted by atomic mass is 9.72. The Morgan fingerprint density at radius 1 is 1.56 bits per heavy atom. The molecule has 0 N–H and O–H groups in total. The smallest absolute Gasteiger partial charge is 0.0896 e. The number of hydrogen-bond donors (Lipinski definition) is 0. The second kappa shape index (κ2) is 4.09. The molecule has 2 saturated carbocycles. The van der Waals surface area contributed by atoms with Crippen LogP contribution in [-0.2, 0) is 6.42 Å². The molecular formula is C13H18BrNS. The maximum Gasteiger partial charge on any atom is 0.0896 e. The van der Waals surface area contributed by atoms with Crippen LogP contribution >= 0.6 is 27.3 Å². The number of nitrogens with zero attached hydrogens (tertiary/aromatic N) is 1. The third-order valence-electron chi connectivity index (χ3n) is 4.56. The first kappa shape index (κ1) is 11.2. The van der Waals surface area contributed by atoms with Crippen molar-refractivity contribution in [1.82, 2.24) is 4.98 Å². The molecular weight excluding hydrogens is 282 g/mol. The molecule has 2 aliphatic rings. The van der Waals surface area contributed by atoms with Crippen molar-refractivity contribution in [2.45, 2.75) is 39.0 Å². The third-order valence-corrected chi connectivity index (χ3v) is 6.59. The number of fused-ring (bicyclic) bond motifs is 2. The summed E-state index contributed by atoms with van der Waals surface area (Å²) in [6.07, 6.45) is 9.24. The van der Waals surface area contributed by atoms with Gasteiger partial charge in [0, 0.05) is 16.4 Å². The van der Waals surface area contributed by atoms with Crippen molar-refractivity contribution in [1.29, 1.82) is 0 Å². The predicted octanol–water partition coefficient (Wildman–Crippen LogP) is 4.20. The van der Waals surface area contributed by atoms with Gasteiger partial charge < -0.3 is 0 Å². The second-order valence-electron chi connectivity index (χ2n) is 5.60. The minimum atomic E-state index is 0.557. The second-order valence-corrected chi connectivity index (χ2v) is 7.48. The molecule has 0 saturated heterocycles. The van der Waals surface area contributed by atoms with Gasteiger partial charge in [0.15, 0.2) is 0 Å². The molecule has 0 aromatic carbocycles. The van der Waals surface area contributed by atoms with Crippen LogP contribution in [0.4, 0.5) is 0 Å². The van der Waals surface area contributed by atoms with Crippen LogP contribution in [0.3, 0.4) is 0 Å². The first-order chi connectivity index (χ1) is 7.72. The summed E-state index contributed by atoms with van der Waals surface area (Å²) in [4.78, 5) is 5.88. The number of aryl methyl sites for hydroxylation is 1. The standard InChI is InChI=1S/C13H18BrNS/c1-9-15-7-12(16-9)6-13(8-14)5-10-2-3-11(13)4-10/h7,10-11H,2-6,8H2,1H3. The van der Waals surface area contributed by atoms with Crippen LogP contribution in [0, 0.1) is 24.2 Å². The SMILES string of the molecule is Cc1ncc(CC2(CBr)CC3CCC2C3)s1. The van der Waals surface area contributed by atoms with Gasteiger partial charge in [0.1, 0.15) is 0 Å². The first-order valence-corrected chi connectivity index (χ1v) is 8.13. The zero-order valence-electron chi connectivity index (χ0n) is 9.71. The van der Waals surface area contributed by atoms with E-state index in [1.807, 2.05) is 11.3 Å². The summed E-state index contributed by atoms with van der Waals surface area (Å²) >= 11 is 5.67. The van der Waals surface area contributed by atoms with E-state index in [0.717, 1.165) is 11.8 Å². The monoisotopic (exact) mass is 299 g/mol. The molecule has 88 valence electrons. The van der Waals surface area contributed by atoms with Gasteiger partial charge in [-0.15, -0.1) is 11.3 Å². The van der Waals surface area contributed by atoms with Crippen LogP contribution in [-0.4, -0.2) is 10.3 Å². The van der Waals surface area contributed by atoms with Crippen molar-refractivity contribution < 1.29 is 0 Å². The van der Waals surface area contributed by atoms with E-state index in [0.29, 0.717) is 5.41 Å². The summed E-state index contributed by atoms with van der Waals surface area (Å²) in [5, 5.41) is 2.39. The van der Waals surface area contributed by atoms with E-state index < -0.39 is 0 Å². The fourth-order valence-electron chi connectivity index (χ4n) is 3.82. The van der Waals surface area contributed by atoms with Crippen molar-refractivity contribution in [2.24, 2.45) is 17.3 Å². The lowest BCUT2D eigenvalue weighted by molar-refractivity contribution is 0.198. The highest BCUT2D eigenvalue weighted by Gasteiger charge is 2.50. The molecule has 1 nitrogen and oxygen atoms in total. The van der Waals surface area contributed by atoms with Crippen molar-refractivity contribution in [3.05, 3.63) is 16.1 Å². The predicted molar refractivity (Wildman–Crippen MR) is 72.2 cm³/mol. The number of thiazole rings is 1. The van der Waals surface area contributed by atoms with Crippen LogP contribution in [0.5, 0.6) is 0 Å². The largest absolute Gasteiger partial charge is 0.250 e. The van der Waals surface area contributed by atoms with Crippen molar-refractivity contribution in [3.63, 3.8) is 0 Å². The lowest BCUT2D eigenvalue weighted by Gasteiger charge is -2.36. The van der Waals surface area contributed by atoms with Crippen LogP contribution in [0.1, 0.15) is 35.6 Å². The third kappa shape index (κ3) is 1.76. The van der Waals surface area contributed by atoms with E-state index in [9.17, 15) is 0 Å². The number of hydrogen-bond acceptors (Lipinski definition) is 2. The molecule has 3 unspecified atom stereocenters. The Balaban J connectivity index is 1.81. The Morgan fingerprint density at radius 3 is 2.94 bits per heavy atom. The zero-order chi connectivity index (χ0) is 11.2. The van der Waals surface area contributed by atoms with Gasteiger partial charge in [-0.05, 0) is 49.9 Å². The minimum Gasteiger partial charge on any atom is -0.250 e. The quantitative estimate of drug-likeness (QED) is 0.763. The van der Waals surface area contributed by atoms with E-state index in [4.69, 9.17) is 0 Å². The van der Waals surface area contributed by atoms with Gasteiger partial charge >= 0.3 is 0 Å². The Bertz CT molecular complexity index is 389. The summed E-state index contributed by atoms with van der Waals surface area (Å²) in [5.41, 5.74) is 0.557. The van der Waals surface area contributed by atoms with Crippen molar-refractivity contribution in [2.75, 3.05) is 5.33 Å². The Labute approximate surface area is 110 Å². The molecule has 2 fully saturated rings. The molecule has 2 bridgehead atoms. The number of aromatic nitrogens is 1. The molecule has 0 aliphatic heterocycles. The molecule has 1 aromatic heterocycles. The molecule has 0 amide bonds. The maximum absolute atomic E-state index is 4.39. The Hall–Kier alpha value is 0.110. The van der Waals surface area contributed by atoms with E-state index in [2.05, 4.69) is 34.0 Å². The van der Waals surface area contributed by atoms with Crippen LogP contribution < -0.4 is 0 Å². The lowest BCUT2D eigenvalue weighted by Crippen LogP contribution is -2.31. The highest BCUT2D eigenvalue weighted by Crippen LogP contribution is 2.58. The normalized spacial score (nSPS) is 37.1. The van der Waals surface area contributed by atoms with Gasteiger partial charge in [0.05, 0.1) is 5.01 Å². The average Bonchev–Trinajstić information content (AvgIpc) is 2.94. The van der Waals surface area contributed by atoms with Crippen LogP contribution in [0.2, 0.25) is 0 Å². The number of rotatable bonds is 3. The summed E-state index contributed by atoms with van der Waals surface area (Å²) < 4.78 is 0. The molecule has 1 heterocycles. The van der Waals surface area contributed by atoms with E-state index in [-0.39, 0.29) is 0 Å². The number of alkyl halides is 1. The topological polar surface area (TPSA) is 12.9 Å². The fraction of sp³-hybridized carbons (Fsp3) is 0.769. The van der Waals surface area contributed by atoms with Crippen LogP contribution in [0.15, 0.2) is 6.20 Å². The summed E-state index contributed by atoms with van der Waals surface area (Å²) in [6.45, 7) is 2.11. The van der Waals surface area contributed by atoms with Gasteiger partial charge in [-0.3, -0.25) is 0 Å². The fourth-order valence-corrected chi connectivity index (χ4v) is 5.65. The molecule has 16 heavy (non-hydrogen) atoms. The van der Waals surface area contributed by atoms with Gasteiger partial charge in [0.2, 0.25) is 0 Å². The van der Waals surface area contributed by atoms with Crippen molar-refractivity contribution in [3.8, 4) is 0 Å². The molecule has 0 radical (unpaired) electrons. The van der Waals surface area contributed by atoms with E-state index in [1.165, 1.54) is 47.3 Å². The number of halogens is 1. The molecule has 2 aliphatic carbocycles. The Kier molecular flexibility index (Phi) is 2.87. The molecule has 1 aromatic rings. The zero-order valence-corrected chi connectivity index (χ0v) is 12.1. The summed E-state index contributed by atoms with van der Waals surface area (Å²) in [6, 6.07) is 0. The molecule has 3 rings (SSSR count). The molecule has 3 heteroatoms. The average molecular weight is 300 g/mol. The Morgan fingerprint density at radius 2 is 2.44 bits per heavy atom. The van der Waals surface area contributed by atoms with Gasteiger partial charge in [0.25, 0.3) is 0 Å². The molecule has 0 spiro atoms. The summed E-state index contributed by atoms with van der Waals surface area (Å²) in [7, 11) is 0. The minimum absolute atomic E-state index is 0.557. The van der Waals surface area contributed by atoms with Crippen molar-refractivity contribution >= 4 is 27.3 Å². The summed E-state index contributed by atoms with van der Waals surface area (Å²) in [5.74, 6) is 2.00. The van der Waals surface area contributed by atoms with E-state index in [1.54, 1.807) is 0 Å².